The monoisotopic (exact) mass is 445 g/mol. The lowest BCUT2D eigenvalue weighted by molar-refractivity contribution is -0.131. The Labute approximate surface area is 179 Å². The molecule has 0 aliphatic heterocycles. The van der Waals surface area contributed by atoms with Crippen LogP contribution in [0.4, 0.5) is 0 Å². The van der Waals surface area contributed by atoms with Crippen LogP contribution < -0.4 is 10.4 Å². The first-order valence-corrected chi connectivity index (χ1v) is 10.1. The van der Waals surface area contributed by atoms with Gasteiger partial charge in [0.05, 0.1) is 21.3 Å². The number of carbonyl (C=O) groups excluding carboxylic acids is 1. The molecule has 2 aromatic carbocycles. The van der Waals surface area contributed by atoms with E-state index in [1.54, 1.807) is 30.3 Å². The fourth-order valence-corrected chi connectivity index (χ4v) is 4.13. The van der Waals surface area contributed by atoms with E-state index < -0.39 is 11.6 Å². The molecule has 4 rings (SSSR count). The summed E-state index contributed by atoms with van der Waals surface area (Å²) in [6, 6.07) is 11.9. The molecular formula is C21H13Cl2NO4S. The van der Waals surface area contributed by atoms with Crippen molar-refractivity contribution >= 4 is 51.5 Å². The van der Waals surface area contributed by atoms with Crippen LogP contribution >= 0.6 is 34.5 Å². The van der Waals surface area contributed by atoms with Crippen LogP contribution in [0.5, 0.6) is 5.75 Å². The number of hydrogen-bond donors (Lipinski definition) is 0. The van der Waals surface area contributed by atoms with Gasteiger partial charge in [-0.25, -0.2) is 9.78 Å². The van der Waals surface area contributed by atoms with Crippen molar-refractivity contribution in [3.63, 3.8) is 0 Å². The number of nitrogens with zero attached hydrogens (tertiary/aromatic N) is 1. The highest BCUT2D eigenvalue weighted by atomic mass is 35.5. The second-order valence-electron chi connectivity index (χ2n) is 6.29. The smallest absolute Gasteiger partial charge is 0.346 e. The van der Waals surface area contributed by atoms with Crippen LogP contribution in [0.1, 0.15) is 11.8 Å². The summed E-state index contributed by atoms with van der Waals surface area (Å²) in [6.07, 6.45) is 0. The molecule has 0 aliphatic carbocycles. The van der Waals surface area contributed by atoms with Crippen LogP contribution in [0.2, 0.25) is 10.0 Å². The quantitative estimate of drug-likeness (QED) is 0.215. The maximum atomic E-state index is 12.6. The molecule has 29 heavy (non-hydrogen) atoms. The van der Waals surface area contributed by atoms with E-state index in [0.717, 1.165) is 16.1 Å². The SMILES string of the molecule is CC(=O)Oc1ccc2cc(-c3nc(-c4ccc(Cl)c(Cl)c4)c(C)s3)c(=O)oc2c1. The van der Waals surface area contributed by atoms with Gasteiger partial charge in [-0.1, -0.05) is 29.3 Å². The van der Waals surface area contributed by atoms with E-state index in [9.17, 15) is 9.59 Å². The normalized spacial score (nSPS) is 11.0. The molecule has 0 unspecified atom stereocenters. The van der Waals surface area contributed by atoms with Crippen LogP contribution in [0, 0.1) is 6.92 Å². The summed E-state index contributed by atoms with van der Waals surface area (Å²) in [5.74, 6) is -0.135. The van der Waals surface area contributed by atoms with Gasteiger partial charge < -0.3 is 9.15 Å². The fourth-order valence-electron chi connectivity index (χ4n) is 2.89. The number of aromatic nitrogens is 1. The molecule has 0 fully saturated rings. The third kappa shape index (κ3) is 3.92. The Morgan fingerprint density at radius 2 is 1.90 bits per heavy atom. The van der Waals surface area contributed by atoms with E-state index >= 15 is 0 Å². The van der Waals surface area contributed by atoms with Crippen molar-refractivity contribution in [2.75, 3.05) is 0 Å². The summed E-state index contributed by atoms with van der Waals surface area (Å²) in [4.78, 5) is 29.3. The number of thiazole rings is 1. The van der Waals surface area contributed by atoms with Crippen molar-refractivity contribution in [2.45, 2.75) is 13.8 Å². The third-order valence-corrected chi connectivity index (χ3v) is 5.93. The van der Waals surface area contributed by atoms with Gasteiger partial charge in [-0.15, -0.1) is 11.3 Å². The van der Waals surface area contributed by atoms with Gasteiger partial charge in [0.25, 0.3) is 0 Å². The Morgan fingerprint density at radius 1 is 1.10 bits per heavy atom. The lowest BCUT2D eigenvalue weighted by atomic mass is 10.1. The van der Waals surface area contributed by atoms with Crippen molar-refractivity contribution < 1.29 is 13.9 Å². The molecule has 0 spiro atoms. The topological polar surface area (TPSA) is 69.4 Å². The standard InChI is InChI=1S/C21H13Cl2NO4S/c1-10-19(13-4-6-16(22)17(23)8-13)24-20(29-10)15-7-12-3-5-14(27-11(2)25)9-18(12)28-21(15)26/h3-9H,1-2H3. The largest absolute Gasteiger partial charge is 0.427 e. The Bertz CT molecular complexity index is 1330. The Balaban J connectivity index is 1.78. The molecule has 0 radical (unpaired) electrons. The first-order chi connectivity index (χ1) is 13.8. The molecule has 0 N–H and O–H groups in total. The lowest BCUT2D eigenvalue weighted by Gasteiger charge is -2.03. The van der Waals surface area contributed by atoms with Gasteiger partial charge in [0.2, 0.25) is 0 Å². The molecular weight excluding hydrogens is 433 g/mol. The Hall–Kier alpha value is -2.67. The fraction of sp³-hybridized carbons (Fsp3) is 0.0952. The van der Waals surface area contributed by atoms with Crippen molar-refractivity contribution in [3.8, 4) is 27.6 Å². The summed E-state index contributed by atoms with van der Waals surface area (Å²) in [7, 11) is 0. The minimum atomic E-state index is -0.521. The number of carbonyl (C=O) groups is 1. The van der Waals surface area contributed by atoms with E-state index in [1.807, 2.05) is 13.0 Å². The molecule has 146 valence electrons. The van der Waals surface area contributed by atoms with Gasteiger partial charge in [0.15, 0.2) is 0 Å². The Morgan fingerprint density at radius 3 is 2.62 bits per heavy atom. The summed E-state index contributed by atoms with van der Waals surface area (Å²) in [5.41, 5.74) is 1.71. The van der Waals surface area contributed by atoms with E-state index in [1.165, 1.54) is 24.3 Å². The number of rotatable bonds is 3. The Kier molecular flexibility index (Phi) is 5.17. The zero-order valence-electron chi connectivity index (χ0n) is 15.3. The number of esters is 1. The van der Waals surface area contributed by atoms with Crippen molar-refractivity contribution in [3.05, 3.63) is 67.8 Å². The highest BCUT2D eigenvalue weighted by Gasteiger charge is 2.17. The predicted molar refractivity (Wildman–Crippen MR) is 115 cm³/mol. The third-order valence-electron chi connectivity index (χ3n) is 4.19. The average Bonchev–Trinajstić information content (AvgIpc) is 3.04. The number of ether oxygens (including phenoxy) is 1. The molecule has 2 heterocycles. The molecule has 0 aliphatic rings. The number of hydrogen-bond acceptors (Lipinski definition) is 6. The number of halogens is 2. The molecule has 0 atom stereocenters. The van der Waals surface area contributed by atoms with E-state index in [-0.39, 0.29) is 0 Å². The summed E-state index contributed by atoms with van der Waals surface area (Å²) < 4.78 is 10.5. The molecule has 4 aromatic rings. The molecule has 0 bridgehead atoms. The molecule has 5 nitrogen and oxygen atoms in total. The highest BCUT2D eigenvalue weighted by molar-refractivity contribution is 7.15. The number of fused-ring (bicyclic) bond motifs is 1. The molecule has 2 aromatic heterocycles. The van der Waals surface area contributed by atoms with Crippen LogP contribution in [-0.4, -0.2) is 11.0 Å². The summed E-state index contributed by atoms with van der Waals surface area (Å²) in [5, 5.41) is 2.14. The van der Waals surface area contributed by atoms with Gasteiger partial charge in [-0.05, 0) is 37.3 Å². The zero-order chi connectivity index (χ0) is 20.7. The molecule has 0 amide bonds. The van der Waals surface area contributed by atoms with Crippen LogP contribution in [-0.2, 0) is 4.79 Å². The van der Waals surface area contributed by atoms with E-state index in [4.69, 9.17) is 32.4 Å². The number of benzene rings is 2. The van der Waals surface area contributed by atoms with Crippen molar-refractivity contribution in [1.82, 2.24) is 4.98 Å². The second kappa shape index (κ2) is 7.63. The predicted octanol–water partition coefficient (Wildman–Crippen LogP) is 6.12. The van der Waals surface area contributed by atoms with Gasteiger partial charge in [0.1, 0.15) is 16.3 Å². The minimum absolute atomic E-state index is 0.313. The lowest BCUT2D eigenvalue weighted by Crippen LogP contribution is -2.04. The molecule has 0 saturated carbocycles. The van der Waals surface area contributed by atoms with Gasteiger partial charge in [-0.3, -0.25) is 4.79 Å². The first kappa shape index (κ1) is 19.6. The van der Waals surface area contributed by atoms with E-state index in [0.29, 0.717) is 37.3 Å². The maximum absolute atomic E-state index is 12.6. The van der Waals surface area contributed by atoms with Crippen molar-refractivity contribution in [2.24, 2.45) is 0 Å². The zero-order valence-corrected chi connectivity index (χ0v) is 17.6. The number of aryl methyl sites for hydroxylation is 1. The van der Waals surface area contributed by atoms with Crippen molar-refractivity contribution in [1.29, 1.82) is 0 Å². The highest BCUT2D eigenvalue weighted by Crippen LogP contribution is 2.35. The minimum Gasteiger partial charge on any atom is -0.427 e. The van der Waals surface area contributed by atoms with Crippen LogP contribution in [0.3, 0.4) is 0 Å². The molecule has 8 heteroatoms. The summed E-state index contributed by atoms with van der Waals surface area (Å²) in [6.45, 7) is 3.23. The van der Waals surface area contributed by atoms with Crippen LogP contribution in [0.25, 0.3) is 32.8 Å². The van der Waals surface area contributed by atoms with Crippen LogP contribution in [0.15, 0.2) is 51.7 Å². The summed E-state index contributed by atoms with van der Waals surface area (Å²) >= 11 is 13.5. The first-order valence-electron chi connectivity index (χ1n) is 8.51. The average molecular weight is 446 g/mol. The van der Waals surface area contributed by atoms with Gasteiger partial charge in [0, 0.05) is 28.8 Å². The molecule has 0 saturated heterocycles. The second-order valence-corrected chi connectivity index (χ2v) is 8.31. The van der Waals surface area contributed by atoms with Gasteiger partial charge in [-0.2, -0.15) is 0 Å². The maximum Gasteiger partial charge on any atom is 0.346 e. The van der Waals surface area contributed by atoms with E-state index in [2.05, 4.69) is 4.98 Å². The van der Waals surface area contributed by atoms with Gasteiger partial charge >= 0.3 is 11.6 Å².